The lowest BCUT2D eigenvalue weighted by molar-refractivity contribution is 0.653. The normalized spacial score (nSPS) is 11.0. The van der Waals surface area contributed by atoms with Gasteiger partial charge in [-0.3, -0.25) is 0 Å². The van der Waals surface area contributed by atoms with E-state index in [0.717, 1.165) is 21.2 Å². The molecule has 0 bridgehead atoms. The third-order valence-electron chi connectivity index (χ3n) is 4.08. The number of rotatable bonds is 4. The van der Waals surface area contributed by atoms with Crippen LogP contribution in [0.1, 0.15) is 16.7 Å². The Morgan fingerprint density at radius 2 is 1.35 bits per heavy atom. The number of nitriles is 1. The first-order valence-corrected chi connectivity index (χ1v) is 8.31. The number of halogens is 1. The number of benzene rings is 3. The van der Waals surface area contributed by atoms with E-state index in [1.807, 2.05) is 72.8 Å². The second-order valence-electron chi connectivity index (χ2n) is 5.56. The monoisotopic (exact) mass is 361 g/mol. The van der Waals surface area contributed by atoms with Gasteiger partial charge in [0.2, 0.25) is 0 Å². The minimum atomic E-state index is -0.691. The standard InChI is InChI=1S/C21H16BrN/c22-20-13-7-8-17(14-20)15-21(16-23,18-9-3-1-4-10-18)19-11-5-2-6-12-19/h1-14H,15H2. The van der Waals surface area contributed by atoms with Crippen molar-refractivity contribution in [1.29, 1.82) is 5.26 Å². The molecule has 0 saturated carbocycles. The molecule has 23 heavy (non-hydrogen) atoms. The van der Waals surface area contributed by atoms with Crippen molar-refractivity contribution in [3.05, 3.63) is 106 Å². The zero-order valence-electron chi connectivity index (χ0n) is 12.6. The fourth-order valence-electron chi connectivity index (χ4n) is 2.94. The Hall–Kier alpha value is -2.37. The summed E-state index contributed by atoms with van der Waals surface area (Å²) in [6.07, 6.45) is 0.636. The van der Waals surface area contributed by atoms with E-state index < -0.39 is 5.41 Å². The number of hydrogen-bond donors (Lipinski definition) is 0. The third-order valence-corrected chi connectivity index (χ3v) is 4.58. The lowest BCUT2D eigenvalue weighted by atomic mass is 9.71. The molecule has 1 nitrogen and oxygen atoms in total. The van der Waals surface area contributed by atoms with Crippen LogP contribution >= 0.6 is 15.9 Å². The van der Waals surface area contributed by atoms with E-state index in [2.05, 4.69) is 34.1 Å². The molecule has 0 N–H and O–H groups in total. The molecule has 3 aromatic rings. The second kappa shape index (κ2) is 6.81. The molecule has 0 unspecified atom stereocenters. The molecule has 0 spiro atoms. The van der Waals surface area contributed by atoms with Crippen molar-refractivity contribution in [1.82, 2.24) is 0 Å². The predicted molar refractivity (Wildman–Crippen MR) is 97.1 cm³/mol. The van der Waals surface area contributed by atoms with Crippen LogP contribution in [0.4, 0.5) is 0 Å². The molecule has 112 valence electrons. The van der Waals surface area contributed by atoms with E-state index in [-0.39, 0.29) is 0 Å². The summed E-state index contributed by atoms with van der Waals surface area (Å²) in [6, 6.07) is 30.8. The fourth-order valence-corrected chi connectivity index (χ4v) is 3.38. The molecule has 3 aromatic carbocycles. The van der Waals surface area contributed by atoms with Crippen LogP contribution in [0.15, 0.2) is 89.4 Å². The van der Waals surface area contributed by atoms with E-state index in [0.29, 0.717) is 6.42 Å². The molecule has 0 aliphatic rings. The molecular weight excluding hydrogens is 346 g/mol. The van der Waals surface area contributed by atoms with Gasteiger partial charge in [0, 0.05) is 4.47 Å². The molecule has 0 radical (unpaired) electrons. The van der Waals surface area contributed by atoms with Gasteiger partial charge in [-0.05, 0) is 35.2 Å². The first-order valence-electron chi connectivity index (χ1n) is 7.51. The van der Waals surface area contributed by atoms with E-state index in [1.54, 1.807) is 0 Å². The van der Waals surface area contributed by atoms with Gasteiger partial charge in [-0.1, -0.05) is 88.7 Å². The summed E-state index contributed by atoms with van der Waals surface area (Å²) in [5.74, 6) is 0. The van der Waals surface area contributed by atoms with Crippen molar-refractivity contribution in [2.24, 2.45) is 0 Å². The van der Waals surface area contributed by atoms with Gasteiger partial charge < -0.3 is 0 Å². The van der Waals surface area contributed by atoms with Gasteiger partial charge >= 0.3 is 0 Å². The Balaban J connectivity index is 2.16. The average Bonchev–Trinajstić information content (AvgIpc) is 2.61. The van der Waals surface area contributed by atoms with Crippen LogP contribution in [0.2, 0.25) is 0 Å². The summed E-state index contributed by atoms with van der Waals surface area (Å²) in [7, 11) is 0. The van der Waals surface area contributed by atoms with E-state index >= 15 is 0 Å². The van der Waals surface area contributed by atoms with Crippen molar-refractivity contribution in [2.75, 3.05) is 0 Å². The van der Waals surface area contributed by atoms with Gasteiger partial charge in [-0.2, -0.15) is 5.26 Å². The highest BCUT2D eigenvalue weighted by atomic mass is 79.9. The summed E-state index contributed by atoms with van der Waals surface area (Å²) < 4.78 is 1.03. The maximum absolute atomic E-state index is 10.2. The Kier molecular flexibility index (Phi) is 4.60. The largest absolute Gasteiger partial charge is 0.197 e. The highest BCUT2D eigenvalue weighted by Gasteiger charge is 2.34. The SMILES string of the molecule is N#CC(Cc1cccc(Br)c1)(c1ccccc1)c1ccccc1. The molecule has 0 heterocycles. The summed E-state index contributed by atoms with van der Waals surface area (Å²) in [6.45, 7) is 0. The molecule has 0 saturated heterocycles. The van der Waals surface area contributed by atoms with Crippen LogP contribution in [-0.2, 0) is 11.8 Å². The van der Waals surface area contributed by atoms with Crippen LogP contribution < -0.4 is 0 Å². The minimum Gasteiger partial charge on any atom is -0.197 e. The molecule has 3 rings (SSSR count). The summed E-state index contributed by atoms with van der Waals surface area (Å²) in [4.78, 5) is 0. The van der Waals surface area contributed by atoms with Gasteiger partial charge in [0.05, 0.1) is 6.07 Å². The third kappa shape index (κ3) is 3.21. The summed E-state index contributed by atoms with van der Waals surface area (Å²) in [5.41, 5.74) is 2.49. The van der Waals surface area contributed by atoms with Gasteiger partial charge in [0.1, 0.15) is 5.41 Å². The van der Waals surface area contributed by atoms with Gasteiger partial charge in [-0.15, -0.1) is 0 Å². The van der Waals surface area contributed by atoms with Crippen LogP contribution in [-0.4, -0.2) is 0 Å². The van der Waals surface area contributed by atoms with Gasteiger partial charge in [0.25, 0.3) is 0 Å². The highest BCUT2D eigenvalue weighted by molar-refractivity contribution is 9.10. The number of hydrogen-bond acceptors (Lipinski definition) is 1. The van der Waals surface area contributed by atoms with Crippen LogP contribution in [0.3, 0.4) is 0 Å². The molecule has 0 aliphatic heterocycles. The predicted octanol–water partition coefficient (Wildman–Crippen LogP) is 5.50. The topological polar surface area (TPSA) is 23.8 Å². The van der Waals surface area contributed by atoms with E-state index in [4.69, 9.17) is 0 Å². The van der Waals surface area contributed by atoms with Gasteiger partial charge in [0.15, 0.2) is 0 Å². The molecule has 0 atom stereocenters. The Morgan fingerprint density at radius 1 is 0.783 bits per heavy atom. The van der Waals surface area contributed by atoms with E-state index in [9.17, 15) is 5.26 Å². The molecule has 2 heteroatoms. The Bertz CT molecular complexity index is 780. The molecule has 0 aliphatic carbocycles. The zero-order valence-corrected chi connectivity index (χ0v) is 14.2. The minimum absolute atomic E-state index is 0.636. The maximum atomic E-state index is 10.2. The Labute approximate surface area is 145 Å². The van der Waals surface area contributed by atoms with Crippen LogP contribution in [0, 0.1) is 11.3 Å². The Morgan fingerprint density at radius 3 is 1.83 bits per heavy atom. The van der Waals surface area contributed by atoms with Crippen LogP contribution in [0.25, 0.3) is 0 Å². The first kappa shape index (κ1) is 15.5. The molecule has 0 fully saturated rings. The highest BCUT2D eigenvalue weighted by Crippen LogP contribution is 2.35. The molecule has 0 amide bonds. The first-order chi connectivity index (χ1) is 11.2. The van der Waals surface area contributed by atoms with Crippen LogP contribution in [0.5, 0.6) is 0 Å². The van der Waals surface area contributed by atoms with Crippen molar-refractivity contribution >= 4 is 15.9 Å². The lowest BCUT2D eigenvalue weighted by Gasteiger charge is -2.28. The maximum Gasteiger partial charge on any atom is 0.111 e. The molecular formula is C21H16BrN. The summed E-state index contributed by atoms with van der Waals surface area (Å²) >= 11 is 3.52. The van der Waals surface area contributed by atoms with Gasteiger partial charge in [-0.25, -0.2) is 0 Å². The summed E-state index contributed by atoms with van der Waals surface area (Å²) in [5, 5.41) is 10.2. The zero-order chi connectivity index (χ0) is 16.1. The average molecular weight is 362 g/mol. The number of nitrogens with zero attached hydrogens (tertiary/aromatic N) is 1. The van der Waals surface area contributed by atoms with E-state index in [1.165, 1.54) is 0 Å². The lowest BCUT2D eigenvalue weighted by Crippen LogP contribution is -2.28. The quantitative estimate of drug-likeness (QED) is 0.601. The molecule has 0 aromatic heterocycles. The van der Waals surface area contributed by atoms with Crippen molar-refractivity contribution in [3.63, 3.8) is 0 Å². The van der Waals surface area contributed by atoms with Crippen molar-refractivity contribution in [3.8, 4) is 6.07 Å². The fraction of sp³-hybridized carbons (Fsp3) is 0.0952. The smallest absolute Gasteiger partial charge is 0.111 e. The second-order valence-corrected chi connectivity index (χ2v) is 6.47. The van der Waals surface area contributed by atoms with Crippen molar-refractivity contribution < 1.29 is 0 Å². The van der Waals surface area contributed by atoms with Crippen molar-refractivity contribution in [2.45, 2.75) is 11.8 Å².